The van der Waals surface area contributed by atoms with Gasteiger partial charge in [0.15, 0.2) is 12.1 Å². The molecule has 0 spiro atoms. The van der Waals surface area contributed by atoms with Gasteiger partial charge in [0.25, 0.3) is 5.91 Å². The van der Waals surface area contributed by atoms with Crippen LogP contribution < -0.4 is 49.1 Å². The van der Waals surface area contributed by atoms with Crippen molar-refractivity contribution in [1.29, 1.82) is 0 Å². The van der Waals surface area contributed by atoms with Gasteiger partial charge in [-0.05, 0) is 37.7 Å². The Bertz CT molecular complexity index is 1560. The van der Waals surface area contributed by atoms with E-state index in [2.05, 4.69) is 36.9 Å². The second-order valence-corrected chi connectivity index (χ2v) is 13.3. The topological polar surface area (TPSA) is 372 Å². The van der Waals surface area contributed by atoms with Crippen molar-refractivity contribution < 1.29 is 58.7 Å². The van der Waals surface area contributed by atoms with E-state index in [1.54, 1.807) is 30.3 Å². The maximum Gasteiger partial charge on any atom is 0.305 e. The maximum absolute atomic E-state index is 13.9. The molecule has 2 heterocycles. The molecule has 1 aromatic carbocycles. The Balaban J connectivity index is 1.84. The Labute approximate surface area is 321 Å². The number of amides is 6. The molecular weight excluding hydrogens is 740 g/mol. The van der Waals surface area contributed by atoms with E-state index in [-0.39, 0.29) is 64.1 Å². The number of aliphatic imine (C=N–C) groups is 1. The van der Waals surface area contributed by atoms with Gasteiger partial charge in [0, 0.05) is 26.1 Å². The molecule has 2 saturated heterocycles. The van der Waals surface area contributed by atoms with Gasteiger partial charge in [-0.15, -0.1) is 0 Å². The van der Waals surface area contributed by atoms with Crippen molar-refractivity contribution in [3.05, 3.63) is 35.9 Å². The Morgan fingerprint density at radius 2 is 1.39 bits per heavy atom. The van der Waals surface area contributed by atoms with E-state index >= 15 is 0 Å². The fraction of sp³-hybridized carbons (Fsp3) is 0.588. The number of hydrogen-bond donors (Lipinski definition) is 13. The zero-order chi connectivity index (χ0) is 41.4. The largest absolute Gasteiger partial charge is 0.481 e. The molecule has 56 heavy (non-hydrogen) atoms. The first-order valence-electron chi connectivity index (χ1n) is 18.1. The maximum atomic E-state index is 13.9. The molecule has 0 radical (unpaired) electrons. The van der Waals surface area contributed by atoms with Crippen LogP contribution in [0.15, 0.2) is 35.3 Å². The molecule has 3 rings (SSSR count). The van der Waals surface area contributed by atoms with Crippen LogP contribution in [0.3, 0.4) is 0 Å². The molecule has 0 bridgehead atoms. The number of nitrogens with two attached hydrogens (primary N) is 3. The van der Waals surface area contributed by atoms with Crippen LogP contribution in [0.2, 0.25) is 0 Å². The average molecular weight is 793 g/mol. The standard InChI is InChI=1S/C34H52N10O12/c35-15-22-25(48)26(49)27(50)28(56-22)33(55)38-11-5-4-9-19-30(52)42-18(10-6-12-39-34(36)37)29(51)40-16-23(45)41-21(14-24(46)47)32(54)44-20(31(53)43-19)13-17-7-2-1-3-8-17/h1-3,7-8,18-22,25-28,48-50H,4-6,9-16,35H2,(H,38,55)(H,40,51)(H,41,45)(H,42,52)(H,43,53)(H,44,54)(H,46,47)(H4,36,37,39)/t18-,19-,20+,21+,22-,25?,26?,27+,28?/m0/s1. The lowest BCUT2D eigenvalue weighted by Gasteiger charge is -2.39. The summed E-state index contributed by atoms with van der Waals surface area (Å²) in [5.74, 6) is -6.75. The Morgan fingerprint density at radius 1 is 0.786 bits per heavy atom. The number of carboxylic acid groups (broad SMARTS) is 1. The molecule has 0 aromatic heterocycles. The summed E-state index contributed by atoms with van der Waals surface area (Å²) in [6.07, 6.45) is -7.92. The number of hydrogen-bond acceptors (Lipinski definition) is 13. The summed E-state index contributed by atoms with van der Waals surface area (Å²) in [4.78, 5) is 95.4. The van der Waals surface area contributed by atoms with Crippen molar-refractivity contribution in [1.82, 2.24) is 31.9 Å². The third-order valence-corrected chi connectivity index (χ3v) is 9.00. The van der Waals surface area contributed by atoms with Crippen molar-refractivity contribution in [3.63, 3.8) is 0 Å². The second kappa shape index (κ2) is 22.2. The molecule has 0 aliphatic carbocycles. The quantitative estimate of drug-likeness (QED) is 0.0447. The van der Waals surface area contributed by atoms with E-state index in [1.165, 1.54) is 0 Å². The van der Waals surface area contributed by atoms with Crippen LogP contribution in [-0.4, -0.2) is 149 Å². The minimum absolute atomic E-state index is 0.00581. The smallest absolute Gasteiger partial charge is 0.305 e. The summed E-state index contributed by atoms with van der Waals surface area (Å²) in [6.45, 7) is -0.822. The molecule has 310 valence electrons. The number of guanidine groups is 1. The van der Waals surface area contributed by atoms with Crippen molar-refractivity contribution in [2.45, 2.75) is 99.6 Å². The molecule has 6 amide bonds. The highest BCUT2D eigenvalue weighted by molar-refractivity contribution is 5.98. The predicted molar refractivity (Wildman–Crippen MR) is 196 cm³/mol. The van der Waals surface area contributed by atoms with Gasteiger partial charge in [0.2, 0.25) is 29.5 Å². The summed E-state index contributed by atoms with van der Waals surface area (Å²) in [5.41, 5.74) is 16.9. The molecule has 22 heteroatoms. The molecule has 2 fully saturated rings. The minimum atomic E-state index is -1.73. The number of carboxylic acids is 1. The van der Waals surface area contributed by atoms with Crippen molar-refractivity contribution in [2.75, 3.05) is 26.2 Å². The van der Waals surface area contributed by atoms with Crippen LogP contribution in [0.1, 0.15) is 44.1 Å². The molecule has 0 saturated carbocycles. The zero-order valence-electron chi connectivity index (χ0n) is 30.6. The van der Waals surface area contributed by atoms with Gasteiger partial charge < -0.3 is 74.3 Å². The number of benzene rings is 1. The highest BCUT2D eigenvalue weighted by Gasteiger charge is 2.46. The number of aliphatic hydroxyl groups is 3. The lowest BCUT2D eigenvalue weighted by Crippen LogP contribution is -2.62. The molecule has 16 N–H and O–H groups in total. The number of carbonyl (C=O) groups excluding carboxylic acids is 6. The van der Waals surface area contributed by atoms with E-state index < -0.39 is 109 Å². The van der Waals surface area contributed by atoms with Crippen molar-refractivity contribution in [3.8, 4) is 0 Å². The monoisotopic (exact) mass is 792 g/mol. The number of ether oxygens (including phenoxy) is 1. The molecule has 2 aliphatic rings. The lowest BCUT2D eigenvalue weighted by atomic mass is 9.94. The summed E-state index contributed by atoms with van der Waals surface area (Å²) < 4.78 is 5.39. The van der Waals surface area contributed by atoms with Crippen LogP contribution in [-0.2, 0) is 44.7 Å². The first-order valence-corrected chi connectivity index (χ1v) is 18.1. The number of unbranched alkanes of at least 4 members (excludes halogenated alkanes) is 1. The van der Waals surface area contributed by atoms with E-state index in [1.807, 2.05) is 0 Å². The number of nitrogens with zero attached hydrogens (tertiary/aromatic N) is 1. The van der Waals surface area contributed by atoms with Crippen LogP contribution in [0, 0.1) is 0 Å². The van der Waals surface area contributed by atoms with E-state index in [0.29, 0.717) is 5.56 Å². The first kappa shape index (κ1) is 45.0. The lowest BCUT2D eigenvalue weighted by molar-refractivity contribution is -0.217. The summed E-state index contributed by atoms with van der Waals surface area (Å²) in [7, 11) is 0. The Kier molecular flexibility index (Phi) is 17.8. The summed E-state index contributed by atoms with van der Waals surface area (Å²) in [5, 5.41) is 54.8. The van der Waals surface area contributed by atoms with Gasteiger partial charge >= 0.3 is 5.97 Å². The first-order chi connectivity index (χ1) is 26.6. The zero-order valence-corrected chi connectivity index (χ0v) is 30.6. The normalized spacial score (nSPS) is 27.9. The van der Waals surface area contributed by atoms with E-state index in [4.69, 9.17) is 21.9 Å². The van der Waals surface area contributed by atoms with E-state index in [0.717, 1.165) is 0 Å². The number of aliphatic hydroxyl groups excluding tert-OH is 3. The Morgan fingerprint density at radius 3 is 2.04 bits per heavy atom. The fourth-order valence-electron chi connectivity index (χ4n) is 5.98. The fourth-order valence-corrected chi connectivity index (χ4v) is 5.98. The van der Waals surface area contributed by atoms with E-state index in [9.17, 15) is 54.0 Å². The summed E-state index contributed by atoms with van der Waals surface area (Å²) in [6, 6.07) is 2.94. The van der Waals surface area contributed by atoms with Gasteiger partial charge in [-0.2, -0.15) is 0 Å². The van der Waals surface area contributed by atoms with Crippen LogP contribution >= 0.6 is 0 Å². The van der Waals surface area contributed by atoms with Crippen molar-refractivity contribution >= 4 is 47.4 Å². The Hall–Kier alpha value is -5.42. The predicted octanol–water partition coefficient (Wildman–Crippen LogP) is -6.08. The van der Waals surface area contributed by atoms with Gasteiger partial charge in [-0.1, -0.05) is 30.3 Å². The number of nitrogens with one attached hydrogen (secondary N) is 6. The number of aliphatic carboxylic acids is 1. The molecule has 9 atom stereocenters. The van der Waals surface area contributed by atoms with Crippen LogP contribution in [0.25, 0.3) is 0 Å². The minimum Gasteiger partial charge on any atom is -0.481 e. The number of carbonyl (C=O) groups is 7. The molecular formula is C34H52N10O12. The van der Waals surface area contributed by atoms with Crippen LogP contribution in [0.5, 0.6) is 0 Å². The van der Waals surface area contributed by atoms with Gasteiger partial charge in [-0.25, -0.2) is 0 Å². The van der Waals surface area contributed by atoms with Crippen LogP contribution in [0.4, 0.5) is 0 Å². The second-order valence-electron chi connectivity index (χ2n) is 13.3. The summed E-state index contributed by atoms with van der Waals surface area (Å²) >= 11 is 0. The molecule has 1 aromatic rings. The van der Waals surface area contributed by atoms with Gasteiger partial charge in [0.05, 0.1) is 19.1 Å². The van der Waals surface area contributed by atoms with Crippen molar-refractivity contribution in [2.24, 2.45) is 22.2 Å². The average Bonchev–Trinajstić information content (AvgIpc) is 3.15. The molecule has 22 nitrogen and oxygen atoms in total. The third-order valence-electron chi connectivity index (χ3n) is 9.00. The highest BCUT2D eigenvalue weighted by atomic mass is 16.5. The highest BCUT2D eigenvalue weighted by Crippen LogP contribution is 2.21. The molecule has 2 aliphatic heterocycles. The van der Waals surface area contributed by atoms with Gasteiger partial charge in [0.1, 0.15) is 42.5 Å². The SMILES string of the molecule is NC[C@@H]1OC(C(=O)NCCCC[C@@H]2NC(=O)[C@@H](Cc3ccccc3)NC(=O)[C@@H](CC(=O)O)NC(=O)CNC(=O)[C@H](CCCN=C(N)N)NC2=O)[C@H](O)C(O)C1O. The third kappa shape index (κ3) is 14.0. The number of rotatable bonds is 15. The van der Waals surface area contributed by atoms with Gasteiger partial charge in [-0.3, -0.25) is 38.6 Å². The molecule has 3 unspecified atom stereocenters.